The van der Waals surface area contributed by atoms with Crippen LogP contribution in [0.4, 0.5) is 11.8 Å². The van der Waals surface area contributed by atoms with E-state index in [0.29, 0.717) is 5.95 Å². The molecule has 1 aromatic heterocycles. The van der Waals surface area contributed by atoms with Gasteiger partial charge in [-0.05, 0) is 50.8 Å². The lowest BCUT2D eigenvalue weighted by atomic mass is 10.0. The van der Waals surface area contributed by atoms with Crippen LogP contribution in [0, 0.1) is 0 Å². The van der Waals surface area contributed by atoms with Gasteiger partial charge in [0.25, 0.3) is 0 Å². The maximum atomic E-state index is 6.11. The molecule has 5 heteroatoms. The zero-order valence-corrected chi connectivity index (χ0v) is 15.7. The smallest absolute Gasteiger partial charge is 0.222 e. The Morgan fingerprint density at radius 3 is 2.69 bits per heavy atom. The van der Waals surface area contributed by atoms with E-state index in [1.807, 2.05) is 0 Å². The number of nitrogens with two attached hydrogens (primary N) is 1. The molecule has 1 aliphatic carbocycles. The van der Waals surface area contributed by atoms with Crippen molar-refractivity contribution in [1.82, 2.24) is 14.9 Å². The van der Waals surface area contributed by atoms with Crippen molar-refractivity contribution in [2.24, 2.45) is 0 Å². The molecule has 0 bridgehead atoms. The molecule has 5 nitrogen and oxygen atoms in total. The Morgan fingerprint density at radius 1 is 1.04 bits per heavy atom. The normalized spacial score (nSPS) is 17.3. The summed E-state index contributed by atoms with van der Waals surface area (Å²) in [7, 11) is 2.14. The van der Waals surface area contributed by atoms with Crippen molar-refractivity contribution in [2.75, 3.05) is 43.9 Å². The maximum Gasteiger partial charge on any atom is 0.222 e. The van der Waals surface area contributed by atoms with E-state index in [1.54, 1.807) is 0 Å². The van der Waals surface area contributed by atoms with Crippen LogP contribution in [-0.4, -0.2) is 48.1 Å². The maximum absolute atomic E-state index is 6.11. The van der Waals surface area contributed by atoms with E-state index in [9.17, 15) is 0 Å². The van der Waals surface area contributed by atoms with Crippen LogP contribution < -0.4 is 10.6 Å². The van der Waals surface area contributed by atoms with Gasteiger partial charge in [-0.2, -0.15) is 4.98 Å². The Bertz CT molecular complexity index is 767. The quantitative estimate of drug-likeness (QED) is 0.917. The average molecular weight is 351 g/mol. The molecule has 0 spiro atoms. The first-order valence-electron chi connectivity index (χ1n) is 9.90. The highest BCUT2D eigenvalue weighted by Crippen LogP contribution is 2.35. The van der Waals surface area contributed by atoms with Crippen LogP contribution in [0.3, 0.4) is 0 Å². The SMILES string of the molecule is CN(CCN1CCCCC1)c1nc(N)nc2c1CCCc1ccccc1-2. The molecular formula is C21H29N5. The molecule has 0 amide bonds. The average Bonchev–Trinajstić information content (AvgIpc) is 2.86. The number of likely N-dealkylation sites (tertiary alicyclic amines) is 1. The van der Waals surface area contributed by atoms with Crippen LogP contribution in [0.1, 0.15) is 36.8 Å². The third-order valence-corrected chi connectivity index (χ3v) is 5.71. The lowest BCUT2D eigenvalue weighted by Crippen LogP contribution is -2.37. The van der Waals surface area contributed by atoms with Crippen LogP contribution >= 0.6 is 0 Å². The molecule has 26 heavy (non-hydrogen) atoms. The Kier molecular flexibility index (Phi) is 5.07. The number of nitrogen functional groups attached to an aromatic ring is 1. The minimum absolute atomic E-state index is 0.375. The number of piperidine rings is 1. The van der Waals surface area contributed by atoms with Gasteiger partial charge in [-0.25, -0.2) is 4.98 Å². The summed E-state index contributed by atoms with van der Waals surface area (Å²) in [5.41, 5.74) is 11.0. The van der Waals surface area contributed by atoms with Crippen LogP contribution in [0.2, 0.25) is 0 Å². The number of aromatic nitrogens is 2. The van der Waals surface area contributed by atoms with Gasteiger partial charge in [0.05, 0.1) is 5.69 Å². The zero-order valence-electron chi connectivity index (χ0n) is 15.7. The number of hydrogen-bond acceptors (Lipinski definition) is 5. The fourth-order valence-corrected chi connectivity index (χ4v) is 4.26. The molecule has 0 unspecified atom stereocenters. The minimum atomic E-state index is 0.375. The van der Waals surface area contributed by atoms with Crippen LogP contribution in [0.15, 0.2) is 24.3 Å². The van der Waals surface area contributed by atoms with Gasteiger partial charge in [0, 0.05) is 31.3 Å². The summed E-state index contributed by atoms with van der Waals surface area (Å²) in [6.45, 7) is 4.52. The molecule has 2 heterocycles. The molecular weight excluding hydrogens is 322 g/mol. The third kappa shape index (κ3) is 3.54. The van der Waals surface area contributed by atoms with Crippen molar-refractivity contribution in [3.05, 3.63) is 35.4 Å². The van der Waals surface area contributed by atoms with Crippen molar-refractivity contribution < 1.29 is 0 Å². The number of hydrogen-bond donors (Lipinski definition) is 1. The van der Waals surface area contributed by atoms with Crippen molar-refractivity contribution in [1.29, 1.82) is 0 Å². The standard InChI is InChI=1S/C21H29N5/c1-25(14-15-26-12-5-2-6-13-26)20-18-11-7-9-16-8-3-4-10-17(16)19(18)23-21(22)24-20/h3-4,8,10H,2,5-7,9,11-15H2,1H3,(H2,22,23,24). The number of rotatable bonds is 4. The number of benzene rings is 1. The van der Waals surface area contributed by atoms with Gasteiger partial charge in [-0.15, -0.1) is 0 Å². The van der Waals surface area contributed by atoms with Gasteiger partial charge in [0.2, 0.25) is 5.95 Å². The largest absolute Gasteiger partial charge is 0.368 e. The molecule has 1 aliphatic heterocycles. The van der Waals surface area contributed by atoms with Gasteiger partial charge in [0.15, 0.2) is 0 Å². The van der Waals surface area contributed by atoms with Gasteiger partial charge < -0.3 is 15.5 Å². The Hall–Kier alpha value is -2.14. The Morgan fingerprint density at radius 2 is 1.85 bits per heavy atom. The summed E-state index contributed by atoms with van der Waals surface area (Å²) in [4.78, 5) is 14.1. The van der Waals surface area contributed by atoms with E-state index >= 15 is 0 Å². The summed E-state index contributed by atoms with van der Waals surface area (Å²) in [6.07, 6.45) is 7.26. The number of fused-ring (bicyclic) bond motifs is 3. The summed E-state index contributed by atoms with van der Waals surface area (Å²) in [5.74, 6) is 1.39. The summed E-state index contributed by atoms with van der Waals surface area (Å²) in [5, 5.41) is 0. The van der Waals surface area contributed by atoms with E-state index < -0.39 is 0 Å². The molecule has 138 valence electrons. The summed E-state index contributed by atoms with van der Waals surface area (Å²) < 4.78 is 0. The molecule has 0 radical (unpaired) electrons. The van der Waals surface area contributed by atoms with E-state index in [2.05, 4.69) is 51.1 Å². The van der Waals surface area contributed by atoms with Gasteiger partial charge >= 0.3 is 0 Å². The van der Waals surface area contributed by atoms with Gasteiger partial charge in [0.1, 0.15) is 5.82 Å². The molecule has 1 saturated heterocycles. The van der Waals surface area contributed by atoms with Gasteiger partial charge in [-0.3, -0.25) is 0 Å². The molecule has 1 fully saturated rings. The Labute approximate surface area is 156 Å². The second-order valence-electron chi connectivity index (χ2n) is 7.57. The van der Waals surface area contributed by atoms with Crippen molar-refractivity contribution in [2.45, 2.75) is 38.5 Å². The summed E-state index contributed by atoms with van der Waals surface area (Å²) >= 11 is 0. The molecule has 0 atom stereocenters. The number of nitrogens with zero attached hydrogens (tertiary/aromatic N) is 4. The fraction of sp³-hybridized carbons (Fsp3) is 0.524. The number of anilines is 2. The molecule has 4 rings (SSSR count). The van der Waals surface area contributed by atoms with Crippen LogP contribution in [0.25, 0.3) is 11.3 Å². The highest BCUT2D eigenvalue weighted by Gasteiger charge is 2.22. The molecule has 1 aromatic carbocycles. The van der Waals surface area contributed by atoms with Crippen molar-refractivity contribution >= 4 is 11.8 Å². The minimum Gasteiger partial charge on any atom is -0.368 e. The summed E-state index contributed by atoms with van der Waals surface area (Å²) in [6, 6.07) is 8.58. The van der Waals surface area contributed by atoms with E-state index in [1.165, 1.54) is 49.0 Å². The van der Waals surface area contributed by atoms with E-state index in [4.69, 9.17) is 5.73 Å². The first-order valence-corrected chi connectivity index (χ1v) is 9.90. The lowest BCUT2D eigenvalue weighted by molar-refractivity contribution is 0.234. The first-order chi connectivity index (χ1) is 12.7. The Balaban J connectivity index is 1.62. The predicted octanol–water partition coefficient (Wildman–Crippen LogP) is 3.14. The monoisotopic (exact) mass is 351 g/mol. The first kappa shape index (κ1) is 17.3. The van der Waals surface area contributed by atoms with Crippen molar-refractivity contribution in [3.63, 3.8) is 0 Å². The predicted molar refractivity (Wildman–Crippen MR) is 107 cm³/mol. The number of aryl methyl sites for hydroxylation is 1. The van der Waals surface area contributed by atoms with Crippen molar-refractivity contribution in [3.8, 4) is 11.3 Å². The van der Waals surface area contributed by atoms with Crippen LogP contribution in [-0.2, 0) is 12.8 Å². The molecule has 2 aromatic rings. The van der Waals surface area contributed by atoms with Crippen LogP contribution in [0.5, 0.6) is 0 Å². The van der Waals surface area contributed by atoms with E-state index in [0.717, 1.165) is 43.9 Å². The highest BCUT2D eigenvalue weighted by molar-refractivity contribution is 5.73. The molecule has 2 N–H and O–H groups in total. The second-order valence-corrected chi connectivity index (χ2v) is 7.57. The molecule has 2 aliphatic rings. The highest BCUT2D eigenvalue weighted by atomic mass is 15.2. The lowest BCUT2D eigenvalue weighted by Gasteiger charge is -2.29. The fourth-order valence-electron chi connectivity index (χ4n) is 4.26. The van der Waals surface area contributed by atoms with E-state index in [-0.39, 0.29) is 0 Å². The third-order valence-electron chi connectivity index (χ3n) is 5.71. The van der Waals surface area contributed by atoms with Gasteiger partial charge in [-0.1, -0.05) is 30.7 Å². The topological polar surface area (TPSA) is 58.3 Å². The molecule has 0 saturated carbocycles. The zero-order chi connectivity index (χ0) is 17.9. The number of likely N-dealkylation sites (N-methyl/N-ethyl adjacent to an activating group) is 1. The second kappa shape index (κ2) is 7.62.